The fourth-order valence-corrected chi connectivity index (χ4v) is 3.30. The van der Waals surface area contributed by atoms with Crippen molar-refractivity contribution in [1.29, 1.82) is 0 Å². The molecular weight excluding hydrogens is 332 g/mol. The Morgan fingerprint density at radius 3 is 2.75 bits per heavy atom. The largest absolute Gasteiger partial charge is 0.347 e. The highest BCUT2D eigenvalue weighted by Crippen LogP contribution is 2.37. The van der Waals surface area contributed by atoms with Crippen LogP contribution in [0, 0.1) is 0 Å². The van der Waals surface area contributed by atoms with Gasteiger partial charge in [0.15, 0.2) is 5.79 Å². The van der Waals surface area contributed by atoms with Gasteiger partial charge in [-0.1, -0.05) is 24.1 Å². The molecule has 1 aromatic carbocycles. The predicted molar refractivity (Wildman–Crippen MR) is 89.7 cm³/mol. The van der Waals surface area contributed by atoms with Crippen LogP contribution in [0.5, 0.6) is 0 Å². The number of rotatable bonds is 3. The lowest BCUT2D eigenvalue weighted by atomic mass is 9.94. The molecule has 1 saturated heterocycles. The van der Waals surface area contributed by atoms with E-state index in [1.54, 1.807) is 24.3 Å². The molecule has 6 nitrogen and oxygen atoms in total. The van der Waals surface area contributed by atoms with Crippen LogP contribution in [0.1, 0.15) is 32.1 Å². The molecule has 2 aliphatic rings. The summed E-state index contributed by atoms with van der Waals surface area (Å²) in [5, 5.41) is 5.59. The van der Waals surface area contributed by atoms with Gasteiger partial charge in [-0.15, -0.1) is 0 Å². The lowest BCUT2D eigenvalue weighted by molar-refractivity contribution is -0.186. The van der Waals surface area contributed by atoms with E-state index in [0.29, 0.717) is 17.3 Å². The van der Waals surface area contributed by atoms with Crippen LogP contribution < -0.4 is 10.6 Å². The van der Waals surface area contributed by atoms with E-state index >= 15 is 0 Å². The number of nitrogens with one attached hydrogen (secondary N) is 2. The van der Waals surface area contributed by atoms with Crippen molar-refractivity contribution in [3.8, 4) is 0 Å². The minimum absolute atomic E-state index is 0.217. The van der Waals surface area contributed by atoms with Crippen molar-refractivity contribution in [1.82, 2.24) is 5.32 Å². The van der Waals surface area contributed by atoms with Crippen LogP contribution in [0.2, 0.25) is 5.02 Å². The highest BCUT2D eigenvalue weighted by Gasteiger charge is 2.42. The molecule has 3 rings (SSSR count). The van der Waals surface area contributed by atoms with Crippen LogP contribution in [-0.2, 0) is 19.1 Å². The van der Waals surface area contributed by atoms with Gasteiger partial charge in [-0.05, 0) is 31.0 Å². The van der Waals surface area contributed by atoms with Gasteiger partial charge in [0, 0.05) is 30.1 Å². The van der Waals surface area contributed by atoms with E-state index in [0.717, 1.165) is 25.7 Å². The second-order valence-corrected chi connectivity index (χ2v) is 6.63. The third kappa shape index (κ3) is 4.26. The SMILES string of the molecule is O=C(NC[C@@H]1COC2(CCCCC2)O1)C(=O)Nc1cccc(Cl)c1. The molecule has 2 fully saturated rings. The molecule has 1 atom stereocenters. The molecule has 0 unspecified atom stereocenters. The Labute approximate surface area is 145 Å². The van der Waals surface area contributed by atoms with Crippen molar-refractivity contribution < 1.29 is 19.1 Å². The Bertz CT molecular complexity index is 616. The minimum Gasteiger partial charge on any atom is -0.347 e. The number of carbonyl (C=O) groups is 2. The molecule has 130 valence electrons. The average molecular weight is 353 g/mol. The van der Waals surface area contributed by atoms with Crippen molar-refractivity contribution in [2.45, 2.75) is 44.0 Å². The van der Waals surface area contributed by atoms with Gasteiger partial charge in [0.05, 0.1) is 6.61 Å². The molecule has 0 bridgehead atoms. The molecule has 1 saturated carbocycles. The first-order valence-electron chi connectivity index (χ1n) is 8.23. The summed E-state index contributed by atoms with van der Waals surface area (Å²) in [6, 6.07) is 6.63. The molecule has 2 amide bonds. The molecular formula is C17H21ClN2O4. The van der Waals surface area contributed by atoms with Crippen LogP contribution in [0.15, 0.2) is 24.3 Å². The van der Waals surface area contributed by atoms with Crippen molar-refractivity contribution >= 4 is 29.1 Å². The minimum atomic E-state index is -0.733. The molecule has 0 aromatic heterocycles. The van der Waals surface area contributed by atoms with Gasteiger partial charge in [0.2, 0.25) is 0 Å². The number of hydrogen-bond donors (Lipinski definition) is 2. The Morgan fingerprint density at radius 2 is 2.00 bits per heavy atom. The fourth-order valence-electron chi connectivity index (χ4n) is 3.11. The van der Waals surface area contributed by atoms with Crippen LogP contribution >= 0.6 is 11.6 Å². The van der Waals surface area contributed by atoms with Crippen LogP contribution in [0.4, 0.5) is 5.69 Å². The Morgan fingerprint density at radius 1 is 1.21 bits per heavy atom. The second-order valence-electron chi connectivity index (χ2n) is 6.20. The molecule has 2 N–H and O–H groups in total. The third-order valence-electron chi connectivity index (χ3n) is 4.31. The lowest BCUT2D eigenvalue weighted by Gasteiger charge is -2.31. The number of ether oxygens (including phenoxy) is 2. The van der Waals surface area contributed by atoms with E-state index in [4.69, 9.17) is 21.1 Å². The van der Waals surface area contributed by atoms with E-state index in [1.807, 2.05) is 0 Å². The summed E-state index contributed by atoms with van der Waals surface area (Å²) in [5.74, 6) is -1.91. The quantitative estimate of drug-likeness (QED) is 0.819. The van der Waals surface area contributed by atoms with Gasteiger partial charge in [0.25, 0.3) is 0 Å². The summed E-state index contributed by atoms with van der Waals surface area (Å²) in [6.07, 6.45) is 4.98. The zero-order valence-corrected chi connectivity index (χ0v) is 14.1. The molecule has 1 spiro atoms. The van der Waals surface area contributed by atoms with Gasteiger partial charge >= 0.3 is 11.8 Å². The van der Waals surface area contributed by atoms with Crippen molar-refractivity contribution in [3.05, 3.63) is 29.3 Å². The first-order valence-corrected chi connectivity index (χ1v) is 8.61. The van der Waals surface area contributed by atoms with E-state index in [9.17, 15) is 9.59 Å². The number of hydrogen-bond acceptors (Lipinski definition) is 4. The van der Waals surface area contributed by atoms with Crippen molar-refractivity contribution in [3.63, 3.8) is 0 Å². The zero-order chi connectivity index (χ0) is 17.0. The highest BCUT2D eigenvalue weighted by molar-refractivity contribution is 6.39. The molecule has 1 aromatic rings. The molecule has 1 aliphatic heterocycles. The smallest absolute Gasteiger partial charge is 0.313 e. The molecule has 1 heterocycles. The number of halogens is 1. The second kappa shape index (κ2) is 7.51. The van der Waals surface area contributed by atoms with Crippen LogP contribution in [0.3, 0.4) is 0 Å². The summed E-state index contributed by atoms with van der Waals surface area (Å²) in [6.45, 7) is 0.694. The zero-order valence-electron chi connectivity index (χ0n) is 13.3. The first kappa shape index (κ1) is 17.2. The summed E-state index contributed by atoms with van der Waals surface area (Å²) < 4.78 is 11.8. The van der Waals surface area contributed by atoms with E-state index in [2.05, 4.69) is 10.6 Å². The number of benzene rings is 1. The summed E-state index contributed by atoms with van der Waals surface area (Å²) in [5.41, 5.74) is 0.476. The van der Waals surface area contributed by atoms with Crippen molar-refractivity contribution in [2.24, 2.45) is 0 Å². The van der Waals surface area contributed by atoms with Gasteiger partial charge in [0.1, 0.15) is 6.10 Å². The van der Waals surface area contributed by atoms with Gasteiger partial charge < -0.3 is 20.1 Å². The Hall–Kier alpha value is -1.63. The van der Waals surface area contributed by atoms with Gasteiger partial charge in [-0.25, -0.2) is 0 Å². The Kier molecular flexibility index (Phi) is 5.38. The van der Waals surface area contributed by atoms with Crippen LogP contribution in [0.25, 0.3) is 0 Å². The number of anilines is 1. The van der Waals surface area contributed by atoms with E-state index in [-0.39, 0.29) is 12.6 Å². The topological polar surface area (TPSA) is 76.7 Å². The monoisotopic (exact) mass is 352 g/mol. The van der Waals surface area contributed by atoms with Gasteiger partial charge in [-0.3, -0.25) is 9.59 Å². The average Bonchev–Trinajstić information content (AvgIpc) is 2.96. The maximum absolute atomic E-state index is 11.9. The maximum atomic E-state index is 11.9. The molecule has 24 heavy (non-hydrogen) atoms. The highest BCUT2D eigenvalue weighted by atomic mass is 35.5. The lowest BCUT2D eigenvalue weighted by Crippen LogP contribution is -2.41. The van der Waals surface area contributed by atoms with E-state index in [1.165, 1.54) is 6.42 Å². The summed E-state index contributed by atoms with van der Waals surface area (Å²) in [7, 11) is 0. The van der Waals surface area contributed by atoms with Crippen LogP contribution in [-0.4, -0.2) is 36.9 Å². The molecule has 7 heteroatoms. The first-order chi connectivity index (χ1) is 11.6. The van der Waals surface area contributed by atoms with E-state index < -0.39 is 17.6 Å². The molecule has 0 radical (unpaired) electrons. The summed E-state index contributed by atoms with van der Waals surface area (Å²) in [4.78, 5) is 23.8. The third-order valence-corrected chi connectivity index (χ3v) is 4.54. The normalized spacial score (nSPS) is 22.3. The summed E-state index contributed by atoms with van der Waals surface area (Å²) >= 11 is 5.84. The standard InChI is InChI=1S/C17H21ClN2O4/c18-12-5-4-6-13(9-12)20-16(22)15(21)19-10-14-11-23-17(24-14)7-2-1-3-8-17/h4-6,9,14H,1-3,7-8,10-11H2,(H,19,21)(H,20,22)/t14-/m1/s1. The van der Waals surface area contributed by atoms with Crippen molar-refractivity contribution in [2.75, 3.05) is 18.5 Å². The number of amides is 2. The Balaban J connectivity index is 1.44. The number of carbonyl (C=O) groups excluding carboxylic acids is 2. The maximum Gasteiger partial charge on any atom is 0.313 e. The molecule has 1 aliphatic carbocycles. The fraction of sp³-hybridized carbons (Fsp3) is 0.529. The predicted octanol–water partition coefficient (Wildman–Crippen LogP) is 2.47. The van der Waals surface area contributed by atoms with Gasteiger partial charge in [-0.2, -0.15) is 0 Å².